The Morgan fingerprint density at radius 1 is 0.491 bits per heavy atom. The summed E-state index contributed by atoms with van der Waals surface area (Å²) in [5.74, 6) is 1.80. The predicted octanol–water partition coefficient (Wildman–Crippen LogP) is 12.7. The van der Waals surface area contributed by atoms with Crippen molar-refractivity contribution >= 4 is 32.7 Å². The maximum absolute atomic E-state index is 9.88. The topological polar surface area (TPSA) is 75.6 Å². The molecule has 0 amide bonds. The molecule has 5 heteroatoms. The fourth-order valence-electron chi connectivity index (χ4n) is 9.31. The molecular formula is C50H34N4O. The van der Waals surface area contributed by atoms with Gasteiger partial charge in [0, 0.05) is 32.9 Å². The molecule has 1 spiro atoms. The van der Waals surface area contributed by atoms with Gasteiger partial charge in [-0.3, -0.25) is 0 Å². The molecule has 9 aromatic rings. The minimum Gasteiger partial charge on any atom is -0.456 e. The molecule has 1 saturated carbocycles. The Morgan fingerprint density at radius 3 is 1.98 bits per heavy atom. The van der Waals surface area contributed by atoms with Crippen LogP contribution < -0.4 is 0 Å². The zero-order chi connectivity index (χ0) is 36.5. The lowest BCUT2D eigenvalue weighted by Gasteiger charge is -2.36. The van der Waals surface area contributed by atoms with Crippen LogP contribution in [0.1, 0.15) is 48.8 Å². The van der Waals surface area contributed by atoms with E-state index in [2.05, 4.69) is 121 Å². The van der Waals surface area contributed by atoms with Gasteiger partial charge in [0.15, 0.2) is 17.5 Å². The molecule has 0 unspecified atom stereocenters. The summed E-state index contributed by atoms with van der Waals surface area (Å²) in [5, 5.41) is 14.3. The van der Waals surface area contributed by atoms with Crippen molar-refractivity contribution in [2.45, 2.75) is 37.5 Å². The number of rotatable bonds is 4. The van der Waals surface area contributed by atoms with Crippen molar-refractivity contribution in [2.75, 3.05) is 0 Å². The van der Waals surface area contributed by atoms with Gasteiger partial charge in [0.25, 0.3) is 0 Å². The summed E-state index contributed by atoms with van der Waals surface area (Å²) in [6.07, 6.45) is 6.01. The number of para-hydroxylation sites is 1. The van der Waals surface area contributed by atoms with Crippen LogP contribution in [0.3, 0.4) is 0 Å². The zero-order valence-corrected chi connectivity index (χ0v) is 30.1. The van der Waals surface area contributed by atoms with Gasteiger partial charge >= 0.3 is 0 Å². The summed E-state index contributed by atoms with van der Waals surface area (Å²) < 4.78 is 6.26. The molecule has 0 N–H and O–H groups in total. The highest BCUT2D eigenvalue weighted by molar-refractivity contribution is 6.05. The smallest absolute Gasteiger partial charge is 0.164 e. The average Bonchev–Trinajstić information content (AvgIpc) is 3.76. The Kier molecular flexibility index (Phi) is 7.09. The first-order valence-electron chi connectivity index (χ1n) is 19.1. The third kappa shape index (κ3) is 5.02. The Balaban J connectivity index is 1.04. The molecule has 2 aromatic heterocycles. The van der Waals surface area contributed by atoms with Crippen LogP contribution >= 0.6 is 0 Å². The Hall–Kier alpha value is -6.90. The van der Waals surface area contributed by atoms with Crippen molar-refractivity contribution in [3.05, 3.63) is 162 Å². The van der Waals surface area contributed by atoms with Gasteiger partial charge in [-0.15, -0.1) is 0 Å². The Labute approximate surface area is 318 Å². The van der Waals surface area contributed by atoms with Gasteiger partial charge in [0.05, 0.1) is 11.6 Å². The number of hydrogen-bond acceptors (Lipinski definition) is 5. The van der Waals surface area contributed by atoms with Gasteiger partial charge in [-0.05, 0) is 93.4 Å². The lowest BCUT2D eigenvalue weighted by atomic mass is 9.67. The lowest BCUT2D eigenvalue weighted by Crippen LogP contribution is -2.28. The maximum Gasteiger partial charge on any atom is 0.164 e. The molecule has 2 heterocycles. The lowest BCUT2D eigenvalue weighted by molar-refractivity contribution is 0.353. The third-order valence-electron chi connectivity index (χ3n) is 12.0. The van der Waals surface area contributed by atoms with Crippen LogP contribution in [0.4, 0.5) is 0 Å². The van der Waals surface area contributed by atoms with Crippen LogP contribution in [0.25, 0.3) is 89.1 Å². The fourth-order valence-corrected chi connectivity index (χ4v) is 9.31. The quantitative estimate of drug-likeness (QED) is 0.182. The van der Waals surface area contributed by atoms with E-state index >= 15 is 0 Å². The first-order chi connectivity index (χ1) is 27.1. The first kappa shape index (κ1) is 31.6. The summed E-state index contributed by atoms with van der Waals surface area (Å²) in [4.78, 5) is 15.2. The zero-order valence-electron chi connectivity index (χ0n) is 30.1. The molecule has 0 saturated heterocycles. The third-order valence-corrected chi connectivity index (χ3v) is 12.0. The molecule has 5 nitrogen and oxygen atoms in total. The Morgan fingerprint density at radius 2 is 1.16 bits per heavy atom. The standard InChI is InChI=1S/C50H34N4O/c51-30-31-15-24-42-41(27-31)46-38(12-8-13-43(46)50(42)25-6-1-7-26-50)33-17-19-34(20-18-33)47-52-48(36-21-16-32-9-2-3-10-35(32)28-36)54-49(53-47)37-22-23-40-39-11-4-5-14-44(39)55-45(40)29-37/h2-5,8-24,27-29H,1,6-7,25-26H2. The van der Waals surface area contributed by atoms with E-state index in [0.29, 0.717) is 23.0 Å². The molecule has 260 valence electrons. The number of fused-ring (bicyclic) bond motifs is 9. The molecule has 0 bridgehead atoms. The molecule has 55 heavy (non-hydrogen) atoms. The summed E-state index contributed by atoms with van der Waals surface area (Å²) in [6.45, 7) is 0. The molecule has 0 atom stereocenters. The molecule has 0 aliphatic heterocycles. The van der Waals surface area contributed by atoms with E-state index in [1.807, 2.05) is 30.3 Å². The van der Waals surface area contributed by atoms with Crippen LogP contribution in [0, 0.1) is 11.3 Å². The van der Waals surface area contributed by atoms with E-state index in [4.69, 9.17) is 19.4 Å². The molecule has 7 aromatic carbocycles. The van der Waals surface area contributed by atoms with Gasteiger partial charge in [0.1, 0.15) is 11.2 Å². The van der Waals surface area contributed by atoms with Crippen molar-refractivity contribution in [1.82, 2.24) is 15.0 Å². The van der Waals surface area contributed by atoms with E-state index in [-0.39, 0.29) is 5.41 Å². The molecule has 0 radical (unpaired) electrons. The predicted molar refractivity (Wildman–Crippen MR) is 220 cm³/mol. The highest BCUT2D eigenvalue weighted by Crippen LogP contribution is 2.58. The maximum atomic E-state index is 9.88. The van der Waals surface area contributed by atoms with Gasteiger partial charge in [-0.25, -0.2) is 15.0 Å². The van der Waals surface area contributed by atoms with E-state index in [9.17, 15) is 5.26 Å². The number of hydrogen-bond donors (Lipinski definition) is 0. The second-order valence-electron chi connectivity index (χ2n) is 15.0. The fraction of sp³-hybridized carbons (Fsp3) is 0.120. The van der Waals surface area contributed by atoms with E-state index in [1.165, 1.54) is 52.5 Å². The van der Waals surface area contributed by atoms with Gasteiger partial charge in [-0.2, -0.15) is 5.26 Å². The number of benzene rings is 7. The summed E-state index contributed by atoms with van der Waals surface area (Å²) in [6, 6.07) is 53.1. The van der Waals surface area contributed by atoms with Crippen molar-refractivity contribution in [3.63, 3.8) is 0 Å². The van der Waals surface area contributed by atoms with Crippen molar-refractivity contribution in [1.29, 1.82) is 5.26 Å². The van der Waals surface area contributed by atoms with Crippen LogP contribution in [-0.2, 0) is 5.41 Å². The second kappa shape index (κ2) is 12.3. The Bertz CT molecular complexity index is 3040. The largest absolute Gasteiger partial charge is 0.456 e. The first-order valence-corrected chi connectivity index (χ1v) is 19.1. The monoisotopic (exact) mass is 706 g/mol. The number of nitrogens with zero attached hydrogens (tertiary/aromatic N) is 4. The van der Waals surface area contributed by atoms with Crippen LogP contribution in [0.2, 0.25) is 0 Å². The van der Waals surface area contributed by atoms with E-state index in [0.717, 1.165) is 62.4 Å². The van der Waals surface area contributed by atoms with Crippen molar-refractivity contribution in [3.8, 4) is 62.5 Å². The molecule has 2 aliphatic carbocycles. The molecule has 11 rings (SSSR count). The van der Waals surface area contributed by atoms with Crippen LogP contribution in [-0.4, -0.2) is 15.0 Å². The molecule has 2 aliphatic rings. The number of aromatic nitrogens is 3. The molecular weight excluding hydrogens is 673 g/mol. The van der Waals surface area contributed by atoms with E-state index < -0.39 is 0 Å². The molecule has 1 fully saturated rings. The highest BCUT2D eigenvalue weighted by Gasteiger charge is 2.44. The SMILES string of the molecule is N#Cc1ccc2c(c1)-c1c(-c3ccc(-c4nc(-c5ccc6ccccc6c5)nc(-c5ccc6c(c5)oc5ccccc56)n4)cc3)cccc1C21CCCCC1. The normalized spacial score (nSPS) is 14.3. The van der Waals surface area contributed by atoms with Gasteiger partial charge in [0.2, 0.25) is 0 Å². The van der Waals surface area contributed by atoms with Gasteiger partial charge < -0.3 is 4.42 Å². The number of nitriles is 1. The summed E-state index contributed by atoms with van der Waals surface area (Å²) in [7, 11) is 0. The van der Waals surface area contributed by atoms with Crippen molar-refractivity contribution < 1.29 is 4.42 Å². The number of furan rings is 1. The minimum atomic E-state index is 0.0126. The van der Waals surface area contributed by atoms with Crippen LogP contribution in [0.15, 0.2) is 150 Å². The average molecular weight is 707 g/mol. The van der Waals surface area contributed by atoms with Crippen LogP contribution in [0.5, 0.6) is 0 Å². The van der Waals surface area contributed by atoms with Crippen molar-refractivity contribution in [2.24, 2.45) is 0 Å². The van der Waals surface area contributed by atoms with Gasteiger partial charge in [-0.1, -0.05) is 128 Å². The minimum absolute atomic E-state index is 0.0126. The van der Waals surface area contributed by atoms with E-state index in [1.54, 1.807) is 0 Å². The summed E-state index contributed by atoms with van der Waals surface area (Å²) >= 11 is 0. The second-order valence-corrected chi connectivity index (χ2v) is 15.0. The highest BCUT2D eigenvalue weighted by atomic mass is 16.3. The summed E-state index contributed by atoms with van der Waals surface area (Å²) in [5.41, 5.74) is 12.6.